The lowest BCUT2D eigenvalue weighted by atomic mass is 9.99. The van der Waals surface area contributed by atoms with Crippen LogP contribution in [0.4, 0.5) is 0 Å². The fourth-order valence-corrected chi connectivity index (χ4v) is 5.30. The second-order valence-electron chi connectivity index (χ2n) is 6.07. The number of nitrogens with zero attached hydrogens (tertiary/aromatic N) is 2. The number of carboxylic acid groups (broad SMARTS) is 1. The molecule has 0 bridgehead atoms. The minimum Gasteiger partial charge on any atom is -0.481 e. The molecule has 2 heterocycles. The first-order chi connectivity index (χ1) is 9.96. The van der Waals surface area contributed by atoms with Crippen molar-refractivity contribution >= 4 is 16.2 Å². The summed E-state index contributed by atoms with van der Waals surface area (Å²) in [5, 5.41) is 9.01. The van der Waals surface area contributed by atoms with Gasteiger partial charge in [0.2, 0.25) is 0 Å². The van der Waals surface area contributed by atoms with E-state index in [2.05, 4.69) is 6.92 Å². The molecule has 122 valence electrons. The van der Waals surface area contributed by atoms with Gasteiger partial charge >= 0.3 is 5.97 Å². The summed E-state index contributed by atoms with van der Waals surface area (Å²) < 4.78 is 28.8. The minimum absolute atomic E-state index is 0.117. The Morgan fingerprint density at radius 3 is 2.38 bits per heavy atom. The van der Waals surface area contributed by atoms with E-state index in [0.29, 0.717) is 32.5 Å². The Hall–Kier alpha value is -0.660. The summed E-state index contributed by atoms with van der Waals surface area (Å²) in [5.41, 5.74) is 0. The first-order valence-electron chi connectivity index (χ1n) is 7.96. The molecule has 2 fully saturated rings. The highest BCUT2D eigenvalue weighted by Crippen LogP contribution is 2.28. The topological polar surface area (TPSA) is 77.9 Å². The number of carboxylic acids is 1. The number of piperidine rings is 2. The van der Waals surface area contributed by atoms with Crippen LogP contribution >= 0.6 is 0 Å². The Bertz CT molecular complexity index is 456. The van der Waals surface area contributed by atoms with Crippen molar-refractivity contribution in [2.45, 2.75) is 57.9 Å². The Balaban J connectivity index is 2.05. The molecule has 2 saturated heterocycles. The maximum Gasteiger partial charge on any atom is 0.306 e. The van der Waals surface area contributed by atoms with Crippen LogP contribution in [0, 0.1) is 5.92 Å². The quantitative estimate of drug-likeness (QED) is 0.836. The lowest BCUT2D eigenvalue weighted by molar-refractivity contribution is -0.142. The smallest absolute Gasteiger partial charge is 0.306 e. The number of aliphatic carboxylic acids is 1. The molecule has 7 heteroatoms. The molecular formula is C14H26N2O4S. The van der Waals surface area contributed by atoms with Crippen LogP contribution in [-0.4, -0.2) is 53.8 Å². The van der Waals surface area contributed by atoms with Gasteiger partial charge in [-0.1, -0.05) is 19.8 Å². The highest BCUT2D eigenvalue weighted by atomic mass is 32.2. The van der Waals surface area contributed by atoms with Crippen molar-refractivity contribution < 1.29 is 18.3 Å². The Morgan fingerprint density at radius 2 is 1.81 bits per heavy atom. The summed E-state index contributed by atoms with van der Waals surface area (Å²) in [5.74, 6) is -1.21. The third-order valence-electron chi connectivity index (χ3n) is 4.62. The first kappa shape index (κ1) is 16.7. The molecule has 21 heavy (non-hydrogen) atoms. The van der Waals surface area contributed by atoms with E-state index in [1.807, 2.05) is 0 Å². The van der Waals surface area contributed by atoms with Crippen molar-refractivity contribution in [1.29, 1.82) is 0 Å². The van der Waals surface area contributed by atoms with Gasteiger partial charge in [0.15, 0.2) is 0 Å². The lowest BCUT2D eigenvalue weighted by Crippen LogP contribution is -2.52. The van der Waals surface area contributed by atoms with Gasteiger partial charge < -0.3 is 5.11 Å². The summed E-state index contributed by atoms with van der Waals surface area (Å²) in [7, 11) is -3.43. The Morgan fingerprint density at radius 1 is 1.14 bits per heavy atom. The largest absolute Gasteiger partial charge is 0.481 e. The Kier molecular flexibility index (Phi) is 5.62. The van der Waals surface area contributed by atoms with Gasteiger partial charge in [-0.15, -0.1) is 0 Å². The average Bonchev–Trinajstić information content (AvgIpc) is 2.48. The molecule has 1 atom stereocenters. The van der Waals surface area contributed by atoms with E-state index >= 15 is 0 Å². The molecule has 0 saturated carbocycles. The van der Waals surface area contributed by atoms with Gasteiger partial charge in [0, 0.05) is 25.7 Å². The van der Waals surface area contributed by atoms with E-state index in [-0.39, 0.29) is 6.04 Å². The summed E-state index contributed by atoms with van der Waals surface area (Å²) in [4.78, 5) is 11.0. The molecule has 0 aromatic heterocycles. The number of carbonyl (C=O) groups is 1. The highest BCUT2D eigenvalue weighted by Gasteiger charge is 2.38. The second kappa shape index (κ2) is 7.07. The predicted octanol–water partition coefficient (Wildman–Crippen LogP) is 1.68. The highest BCUT2D eigenvalue weighted by molar-refractivity contribution is 7.86. The average molecular weight is 318 g/mol. The molecule has 0 aromatic rings. The van der Waals surface area contributed by atoms with Crippen LogP contribution in [0.1, 0.15) is 51.9 Å². The number of hydrogen-bond donors (Lipinski definition) is 1. The molecule has 1 N–H and O–H groups in total. The summed E-state index contributed by atoms with van der Waals surface area (Å²) in [6.07, 6.45) is 5.69. The third-order valence-corrected chi connectivity index (χ3v) is 6.71. The van der Waals surface area contributed by atoms with Crippen LogP contribution in [0.2, 0.25) is 0 Å². The lowest BCUT2D eigenvalue weighted by Gasteiger charge is -2.39. The molecule has 0 aromatic carbocycles. The molecule has 2 aliphatic rings. The SMILES string of the molecule is CCCC1CCCCN1S(=O)(=O)N1CCC(C(=O)O)CC1. The van der Waals surface area contributed by atoms with Crippen molar-refractivity contribution in [3.8, 4) is 0 Å². The summed E-state index contributed by atoms with van der Waals surface area (Å²) >= 11 is 0. The van der Waals surface area contributed by atoms with E-state index in [9.17, 15) is 13.2 Å². The van der Waals surface area contributed by atoms with Gasteiger partial charge in [-0.25, -0.2) is 0 Å². The van der Waals surface area contributed by atoms with Gasteiger partial charge in [0.25, 0.3) is 10.2 Å². The molecular weight excluding hydrogens is 292 g/mol. The standard InChI is InChI=1S/C14H26N2O4S/c1-2-5-13-6-3-4-9-16(13)21(19,20)15-10-7-12(8-11-15)14(17)18/h12-13H,2-11H2,1H3,(H,17,18). The van der Waals surface area contributed by atoms with E-state index in [1.165, 1.54) is 4.31 Å². The van der Waals surface area contributed by atoms with Crippen molar-refractivity contribution in [2.24, 2.45) is 5.92 Å². The van der Waals surface area contributed by atoms with Crippen LogP contribution in [-0.2, 0) is 15.0 Å². The van der Waals surface area contributed by atoms with E-state index in [4.69, 9.17) is 5.11 Å². The zero-order valence-corrected chi connectivity index (χ0v) is 13.5. The monoisotopic (exact) mass is 318 g/mol. The van der Waals surface area contributed by atoms with Gasteiger partial charge in [0.05, 0.1) is 5.92 Å². The zero-order valence-electron chi connectivity index (χ0n) is 12.7. The van der Waals surface area contributed by atoms with Crippen molar-refractivity contribution in [1.82, 2.24) is 8.61 Å². The molecule has 2 rings (SSSR count). The molecule has 2 aliphatic heterocycles. The van der Waals surface area contributed by atoms with E-state index < -0.39 is 22.1 Å². The molecule has 6 nitrogen and oxygen atoms in total. The molecule has 0 radical (unpaired) electrons. The van der Waals surface area contributed by atoms with Crippen molar-refractivity contribution in [2.75, 3.05) is 19.6 Å². The molecule has 0 amide bonds. The van der Waals surface area contributed by atoms with E-state index in [1.54, 1.807) is 4.31 Å². The van der Waals surface area contributed by atoms with Crippen LogP contribution in [0.5, 0.6) is 0 Å². The Labute approximate surface area is 127 Å². The number of hydrogen-bond acceptors (Lipinski definition) is 3. The second-order valence-corrected chi connectivity index (χ2v) is 7.95. The van der Waals surface area contributed by atoms with Gasteiger partial charge in [-0.2, -0.15) is 17.0 Å². The van der Waals surface area contributed by atoms with Crippen LogP contribution < -0.4 is 0 Å². The molecule has 0 spiro atoms. The van der Waals surface area contributed by atoms with Crippen molar-refractivity contribution in [3.63, 3.8) is 0 Å². The summed E-state index contributed by atoms with van der Waals surface area (Å²) in [6.45, 7) is 3.34. The zero-order chi connectivity index (χ0) is 15.5. The first-order valence-corrected chi connectivity index (χ1v) is 9.36. The normalized spacial score (nSPS) is 26.8. The van der Waals surface area contributed by atoms with Crippen LogP contribution in [0.3, 0.4) is 0 Å². The molecule has 0 aliphatic carbocycles. The van der Waals surface area contributed by atoms with Crippen molar-refractivity contribution in [3.05, 3.63) is 0 Å². The predicted molar refractivity (Wildman–Crippen MR) is 80.1 cm³/mol. The van der Waals surface area contributed by atoms with Gasteiger partial charge in [-0.3, -0.25) is 4.79 Å². The fourth-order valence-electron chi connectivity index (χ4n) is 3.38. The van der Waals surface area contributed by atoms with Crippen LogP contribution in [0.15, 0.2) is 0 Å². The maximum atomic E-state index is 12.8. The summed E-state index contributed by atoms with van der Waals surface area (Å²) in [6, 6.07) is 0.117. The van der Waals surface area contributed by atoms with E-state index in [0.717, 1.165) is 32.1 Å². The maximum absolute atomic E-state index is 12.8. The molecule has 1 unspecified atom stereocenters. The van der Waals surface area contributed by atoms with Gasteiger partial charge in [-0.05, 0) is 32.1 Å². The third kappa shape index (κ3) is 3.76. The van der Waals surface area contributed by atoms with Gasteiger partial charge in [0.1, 0.15) is 0 Å². The minimum atomic E-state index is -3.43. The van der Waals surface area contributed by atoms with Crippen LogP contribution in [0.25, 0.3) is 0 Å². The number of rotatable bonds is 5. The fraction of sp³-hybridized carbons (Fsp3) is 0.929.